The Hall–Kier alpha value is -2.78. The van der Waals surface area contributed by atoms with Gasteiger partial charge in [-0.3, -0.25) is 0 Å². The Morgan fingerprint density at radius 1 is 1.06 bits per heavy atom. The molecule has 0 saturated carbocycles. The van der Waals surface area contributed by atoms with Crippen molar-refractivity contribution in [2.24, 2.45) is 5.92 Å². The summed E-state index contributed by atoms with van der Waals surface area (Å²) < 4.78 is 37.8. The maximum Gasteiger partial charge on any atom is 0.315 e. The third-order valence-electron chi connectivity index (χ3n) is 5.25. The summed E-state index contributed by atoms with van der Waals surface area (Å²) in [6, 6.07) is 11.7. The molecule has 0 saturated heterocycles. The fraction of sp³-hybridized carbons (Fsp3) is 0.435. The van der Waals surface area contributed by atoms with E-state index in [1.807, 2.05) is 32.0 Å². The monoisotopic (exact) mass is 461 g/mol. The Bertz CT molecular complexity index is 1050. The van der Waals surface area contributed by atoms with Crippen LogP contribution in [0.2, 0.25) is 0 Å². The lowest BCUT2D eigenvalue weighted by Gasteiger charge is -2.24. The number of amides is 2. The summed E-state index contributed by atoms with van der Waals surface area (Å²) in [5.74, 6) is 1.50. The average molecular weight is 462 g/mol. The molecule has 174 valence electrons. The Balaban J connectivity index is 1.72. The van der Waals surface area contributed by atoms with E-state index >= 15 is 0 Å². The van der Waals surface area contributed by atoms with Gasteiger partial charge >= 0.3 is 6.03 Å². The van der Waals surface area contributed by atoms with Gasteiger partial charge in [0.05, 0.1) is 24.2 Å². The number of benzene rings is 2. The van der Waals surface area contributed by atoms with Crippen molar-refractivity contribution in [1.29, 1.82) is 0 Å². The SMILES string of the molecule is CC(C)[C@@H](NC(=O)NCc1ccccc1S(=O)(=O)N(C)C)c1ccc2c(c1)OCCCO2. The van der Waals surface area contributed by atoms with Crippen molar-refractivity contribution in [3.05, 3.63) is 53.6 Å². The number of urea groups is 1. The summed E-state index contributed by atoms with van der Waals surface area (Å²) in [5, 5.41) is 5.79. The average Bonchev–Trinajstić information content (AvgIpc) is 3.00. The van der Waals surface area contributed by atoms with Crippen LogP contribution in [0.15, 0.2) is 47.4 Å². The molecule has 0 bridgehead atoms. The van der Waals surface area contributed by atoms with Gasteiger partial charge in [0.2, 0.25) is 10.0 Å². The Kier molecular flexibility index (Phi) is 7.63. The van der Waals surface area contributed by atoms with Crippen LogP contribution in [0, 0.1) is 5.92 Å². The molecular formula is C23H31N3O5S. The fourth-order valence-corrected chi connectivity index (χ4v) is 4.59. The van der Waals surface area contributed by atoms with Crippen LogP contribution in [0.1, 0.15) is 37.4 Å². The zero-order chi connectivity index (χ0) is 23.3. The van der Waals surface area contributed by atoms with Gasteiger partial charge < -0.3 is 20.1 Å². The van der Waals surface area contributed by atoms with E-state index in [-0.39, 0.29) is 29.4 Å². The largest absolute Gasteiger partial charge is 0.490 e. The minimum atomic E-state index is -3.61. The number of hydrogen-bond acceptors (Lipinski definition) is 5. The zero-order valence-electron chi connectivity index (χ0n) is 18.9. The quantitative estimate of drug-likeness (QED) is 0.660. The molecule has 2 amide bonds. The van der Waals surface area contributed by atoms with Gasteiger partial charge in [0.1, 0.15) is 0 Å². The first-order valence-corrected chi connectivity index (χ1v) is 12.1. The third-order valence-corrected chi connectivity index (χ3v) is 7.17. The summed E-state index contributed by atoms with van der Waals surface area (Å²) in [7, 11) is -0.649. The van der Waals surface area contributed by atoms with Gasteiger partial charge in [-0.05, 0) is 35.2 Å². The maximum atomic E-state index is 12.7. The second-order valence-electron chi connectivity index (χ2n) is 8.20. The normalized spacial score (nSPS) is 14.7. The van der Waals surface area contributed by atoms with E-state index in [9.17, 15) is 13.2 Å². The first-order chi connectivity index (χ1) is 15.2. The summed E-state index contributed by atoms with van der Waals surface area (Å²) >= 11 is 0. The number of fused-ring (bicyclic) bond motifs is 1. The van der Waals surface area contributed by atoms with Crippen LogP contribution in [0.25, 0.3) is 0 Å². The van der Waals surface area contributed by atoms with E-state index < -0.39 is 10.0 Å². The minimum absolute atomic E-state index is 0.0844. The highest BCUT2D eigenvalue weighted by atomic mass is 32.2. The molecule has 0 spiro atoms. The third kappa shape index (κ3) is 5.52. The van der Waals surface area contributed by atoms with Crippen LogP contribution in [-0.4, -0.2) is 46.1 Å². The van der Waals surface area contributed by atoms with Gasteiger partial charge in [0.25, 0.3) is 0 Å². The van der Waals surface area contributed by atoms with Crippen molar-refractivity contribution < 1.29 is 22.7 Å². The van der Waals surface area contributed by atoms with Gasteiger partial charge in [-0.2, -0.15) is 0 Å². The molecule has 0 radical (unpaired) electrons. The molecule has 8 nitrogen and oxygen atoms in total. The van der Waals surface area contributed by atoms with Crippen LogP contribution in [0.5, 0.6) is 11.5 Å². The molecular weight excluding hydrogens is 430 g/mol. The predicted octanol–water partition coefficient (Wildman–Crippen LogP) is 3.29. The van der Waals surface area contributed by atoms with Crippen molar-refractivity contribution in [3.63, 3.8) is 0 Å². The molecule has 3 rings (SSSR count). The lowest BCUT2D eigenvalue weighted by molar-refractivity contribution is 0.232. The molecule has 1 heterocycles. The molecule has 9 heteroatoms. The van der Waals surface area contributed by atoms with Crippen molar-refractivity contribution >= 4 is 16.1 Å². The number of nitrogens with zero attached hydrogens (tertiary/aromatic N) is 1. The van der Waals surface area contributed by atoms with Gasteiger partial charge in [-0.25, -0.2) is 17.5 Å². The standard InChI is InChI=1S/C23H31N3O5S/c1-16(2)22(17-10-11-19-20(14-17)31-13-7-12-30-19)25-23(27)24-15-18-8-5-6-9-21(18)32(28,29)26(3)4/h5-6,8-11,14,16,22H,7,12-13,15H2,1-4H3,(H2,24,25,27)/t22-/m1/s1. The molecule has 1 aliphatic heterocycles. The first kappa shape index (κ1) is 23.9. The van der Waals surface area contributed by atoms with Crippen LogP contribution in [0.3, 0.4) is 0 Å². The summed E-state index contributed by atoms with van der Waals surface area (Å²) in [4.78, 5) is 12.9. The van der Waals surface area contributed by atoms with Gasteiger partial charge in [-0.1, -0.05) is 38.1 Å². The second kappa shape index (κ2) is 10.2. The number of carbonyl (C=O) groups excluding carboxylic acids is 1. The predicted molar refractivity (Wildman–Crippen MR) is 122 cm³/mol. The first-order valence-electron chi connectivity index (χ1n) is 10.6. The fourth-order valence-electron chi connectivity index (χ4n) is 3.47. The number of hydrogen-bond donors (Lipinski definition) is 2. The number of rotatable bonds is 7. The smallest absolute Gasteiger partial charge is 0.315 e. The Morgan fingerprint density at radius 3 is 2.44 bits per heavy atom. The summed E-state index contributed by atoms with van der Waals surface area (Å²) in [6.45, 7) is 5.33. The summed E-state index contributed by atoms with van der Waals surface area (Å²) in [6.07, 6.45) is 0.823. The van der Waals surface area contributed by atoms with E-state index in [1.54, 1.807) is 24.3 Å². The van der Waals surface area contributed by atoms with Gasteiger partial charge in [0.15, 0.2) is 11.5 Å². The molecule has 0 aliphatic carbocycles. The topological polar surface area (TPSA) is 97.0 Å². The number of carbonyl (C=O) groups is 1. The van der Waals surface area contributed by atoms with Crippen LogP contribution in [-0.2, 0) is 16.6 Å². The molecule has 0 aromatic heterocycles. The summed E-state index contributed by atoms with van der Waals surface area (Å²) in [5.41, 5.74) is 1.43. The van der Waals surface area contributed by atoms with E-state index in [2.05, 4.69) is 10.6 Å². The van der Waals surface area contributed by atoms with E-state index in [0.717, 1.165) is 16.3 Å². The van der Waals surface area contributed by atoms with Crippen molar-refractivity contribution in [2.45, 2.75) is 37.8 Å². The molecule has 1 atom stereocenters. The van der Waals surface area contributed by atoms with Crippen molar-refractivity contribution in [2.75, 3.05) is 27.3 Å². The Morgan fingerprint density at radius 2 is 1.75 bits per heavy atom. The highest BCUT2D eigenvalue weighted by Crippen LogP contribution is 2.34. The van der Waals surface area contributed by atoms with Crippen molar-refractivity contribution in [3.8, 4) is 11.5 Å². The molecule has 2 aromatic carbocycles. The van der Waals surface area contributed by atoms with E-state index in [0.29, 0.717) is 30.3 Å². The molecule has 1 aliphatic rings. The Labute approximate surface area is 190 Å². The van der Waals surface area contributed by atoms with Crippen LogP contribution < -0.4 is 20.1 Å². The highest BCUT2D eigenvalue weighted by Gasteiger charge is 2.23. The molecule has 0 unspecified atom stereocenters. The van der Waals surface area contributed by atoms with Gasteiger partial charge in [0, 0.05) is 27.1 Å². The number of nitrogens with one attached hydrogen (secondary N) is 2. The number of sulfonamides is 1. The lowest BCUT2D eigenvalue weighted by Crippen LogP contribution is -2.39. The molecule has 2 aromatic rings. The highest BCUT2D eigenvalue weighted by molar-refractivity contribution is 7.89. The molecule has 32 heavy (non-hydrogen) atoms. The maximum absolute atomic E-state index is 12.7. The van der Waals surface area contributed by atoms with Crippen LogP contribution >= 0.6 is 0 Å². The zero-order valence-corrected chi connectivity index (χ0v) is 19.7. The lowest BCUT2D eigenvalue weighted by atomic mass is 9.96. The molecule has 2 N–H and O–H groups in total. The van der Waals surface area contributed by atoms with E-state index in [1.165, 1.54) is 14.1 Å². The van der Waals surface area contributed by atoms with Crippen molar-refractivity contribution in [1.82, 2.24) is 14.9 Å². The minimum Gasteiger partial charge on any atom is -0.490 e. The number of ether oxygens (including phenoxy) is 2. The van der Waals surface area contributed by atoms with Crippen LogP contribution in [0.4, 0.5) is 4.79 Å². The molecule has 0 fully saturated rings. The van der Waals surface area contributed by atoms with E-state index in [4.69, 9.17) is 9.47 Å². The second-order valence-corrected chi connectivity index (χ2v) is 10.3. The van der Waals surface area contributed by atoms with Gasteiger partial charge in [-0.15, -0.1) is 0 Å².